The predicted octanol–water partition coefficient (Wildman–Crippen LogP) is 2.02. The summed E-state index contributed by atoms with van der Waals surface area (Å²) in [5, 5.41) is 8.95. The number of benzene rings is 1. The van der Waals surface area contributed by atoms with Crippen molar-refractivity contribution >= 4 is 23.6 Å². The Morgan fingerprint density at radius 3 is 2.58 bits per heavy atom. The van der Waals surface area contributed by atoms with Gasteiger partial charge in [0.15, 0.2) is 0 Å². The molecule has 0 aliphatic carbocycles. The summed E-state index contributed by atoms with van der Waals surface area (Å²) < 4.78 is 0. The standard InChI is InChI=1S/C14H17NO3S/c1-14(2,13(17)18)15(3)12(16)11-8-9-6-4-5-7-10(9)19-11/h4-7,11H,8H2,1-3H3,(H,17,18). The Bertz CT molecular complexity index is 502. The van der Waals surface area contributed by atoms with E-state index in [4.69, 9.17) is 0 Å². The van der Waals surface area contributed by atoms with Crippen molar-refractivity contribution in [2.24, 2.45) is 0 Å². The van der Waals surface area contributed by atoms with E-state index in [2.05, 4.69) is 0 Å². The maximum Gasteiger partial charge on any atom is 0.329 e. The molecule has 0 aromatic heterocycles. The van der Waals surface area contributed by atoms with Crippen molar-refractivity contribution in [1.29, 1.82) is 0 Å². The fraction of sp³-hybridized carbons (Fsp3) is 0.429. The highest BCUT2D eigenvalue weighted by Crippen LogP contribution is 2.38. The van der Waals surface area contributed by atoms with E-state index in [0.29, 0.717) is 6.42 Å². The van der Waals surface area contributed by atoms with Crippen molar-refractivity contribution in [1.82, 2.24) is 4.90 Å². The van der Waals surface area contributed by atoms with Gasteiger partial charge in [0.05, 0.1) is 5.25 Å². The summed E-state index contributed by atoms with van der Waals surface area (Å²) in [5.74, 6) is -1.13. The maximum atomic E-state index is 12.4. The fourth-order valence-electron chi connectivity index (χ4n) is 1.95. The van der Waals surface area contributed by atoms with E-state index in [-0.39, 0.29) is 11.2 Å². The van der Waals surface area contributed by atoms with Crippen molar-refractivity contribution < 1.29 is 14.7 Å². The Kier molecular flexibility index (Phi) is 3.58. The van der Waals surface area contributed by atoms with Gasteiger partial charge in [-0.25, -0.2) is 4.79 Å². The first kappa shape index (κ1) is 13.9. The molecule has 0 bridgehead atoms. The summed E-state index contributed by atoms with van der Waals surface area (Å²) >= 11 is 1.52. The molecule has 1 N–H and O–H groups in total. The molecule has 1 amide bonds. The zero-order chi connectivity index (χ0) is 14.2. The largest absolute Gasteiger partial charge is 0.480 e. The van der Waals surface area contributed by atoms with Gasteiger partial charge >= 0.3 is 5.97 Å². The molecular weight excluding hydrogens is 262 g/mol. The SMILES string of the molecule is CN(C(=O)C1Cc2ccccc2S1)C(C)(C)C(=O)O. The number of fused-ring (bicyclic) bond motifs is 1. The van der Waals surface area contributed by atoms with Gasteiger partial charge in [-0.1, -0.05) is 18.2 Å². The highest BCUT2D eigenvalue weighted by molar-refractivity contribution is 8.01. The van der Waals surface area contributed by atoms with Crippen LogP contribution in [0.25, 0.3) is 0 Å². The number of carbonyl (C=O) groups is 2. The van der Waals surface area contributed by atoms with Crippen LogP contribution in [0.15, 0.2) is 29.2 Å². The fourth-order valence-corrected chi connectivity index (χ4v) is 3.24. The second-order valence-corrected chi connectivity index (χ2v) is 6.42. The Hall–Kier alpha value is -1.49. The summed E-state index contributed by atoms with van der Waals surface area (Å²) in [6, 6.07) is 7.91. The number of rotatable bonds is 3. The van der Waals surface area contributed by atoms with Crippen molar-refractivity contribution in [3.63, 3.8) is 0 Å². The second-order valence-electron chi connectivity index (χ2n) is 5.18. The van der Waals surface area contributed by atoms with E-state index < -0.39 is 11.5 Å². The van der Waals surface area contributed by atoms with Crippen molar-refractivity contribution in [3.8, 4) is 0 Å². The topological polar surface area (TPSA) is 57.6 Å². The first-order chi connectivity index (χ1) is 8.84. The number of carboxylic acids is 1. The molecule has 0 saturated heterocycles. The molecule has 1 aliphatic rings. The van der Waals surface area contributed by atoms with E-state index in [1.54, 1.807) is 20.9 Å². The molecule has 4 nitrogen and oxygen atoms in total. The Morgan fingerprint density at radius 1 is 1.37 bits per heavy atom. The van der Waals surface area contributed by atoms with Crippen LogP contribution < -0.4 is 0 Å². The molecule has 0 fully saturated rings. The number of hydrogen-bond acceptors (Lipinski definition) is 3. The summed E-state index contributed by atoms with van der Waals surface area (Å²) in [6.07, 6.45) is 0.666. The molecule has 0 saturated carbocycles. The third-order valence-electron chi connectivity index (χ3n) is 3.62. The van der Waals surface area contributed by atoms with E-state index in [1.165, 1.54) is 16.7 Å². The van der Waals surface area contributed by atoms with E-state index in [9.17, 15) is 14.7 Å². The molecule has 1 aromatic rings. The quantitative estimate of drug-likeness (QED) is 0.919. The smallest absolute Gasteiger partial charge is 0.329 e. The van der Waals surface area contributed by atoms with E-state index in [1.807, 2.05) is 24.3 Å². The Balaban J connectivity index is 2.13. The second kappa shape index (κ2) is 4.89. The Labute approximate surface area is 116 Å². The van der Waals surface area contributed by atoms with Crippen LogP contribution in [-0.2, 0) is 16.0 Å². The molecular formula is C14H17NO3S. The third-order valence-corrected chi connectivity index (χ3v) is 4.92. The molecule has 0 radical (unpaired) electrons. The highest BCUT2D eigenvalue weighted by atomic mass is 32.2. The zero-order valence-corrected chi connectivity index (χ0v) is 12.0. The van der Waals surface area contributed by atoms with Gasteiger partial charge < -0.3 is 10.0 Å². The van der Waals surface area contributed by atoms with Crippen LogP contribution in [0.2, 0.25) is 0 Å². The average Bonchev–Trinajstić information content (AvgIpc) is 2.80. The summed E-state index contributed by atoms with van der Waals surface area (Å²) in [4.78, 5) is 26.1. The predicted molar refractivity (Wildman–Crippen MR) is 74.3 cm³/mol. The van der Waals surface area contributed by atoms with Gasteiger partial charge in [-0.3, -0.25) is 4.79 Å². The van der Waals surface area contributed by atoms with Crippen LogP contribution in [-0.4, -0.2) is 39.7 Å². The van der Waals surface area contributed by atoms with Gasteiger partial charge in [-0.15, -0.1) is 11.8 Å². The monoisotopic (exact) mass is 279 g/mol. The minimum Gasteiger partial charge on any atom is -0.480 e. The van der Waals surface area contributed by atoms with Crippen molar-refractivity contribution in [2.45, 2.75) is 36.0 Å². The molecule has 2 rings (SSSR count). The van der Waals surface area contributed by atoms with Gasteiger partial charge in [-0.05, 0) is 31.9 Å². The molecule has 1 atom stereocenters. The van der Waals surface area contributed by atoms with Gasteiger partial charge in [0.25, 0.3) is 0 Å². The molecule has 1 aliphatic heterocycles. The van der Waals surface area contributed by atoms with Crippen LogP contribution in [0.1, 0.15) is 19.4 Å². The third kappa shape index (κ3) is 2.47. The number of aliphatic carboxylic acids is 1. The highest BCUT2D eigenvalue weighted by Gasteiger charge is 2.39. The average molecular weight is 279 g/mol. The molecule has 102 valence electrons. The molecule has 0 spiro atoms. The van der Waals surface area contributed by atoms with E-state index in [0.717, 1.165) is 10.5 Å². The number of carboxylic acid groups (broad SMARTS) is 1. The number of likely N-dealkylation sites (N-methyl/N-ethyl adjacent to an activating group) is 1. The maximum absolute atomic E-state index is 12.4. The molecule has 5 heteroatoms. The molecule has 1 heterocycles. The number of amides is 1. The lowest BCUT2D eigenvalue weighted by atomic mass is 10.0. The van der Waals surface area contributed by atoms with Gasteiger partial charge in [-0.2, -0.15) is 0 Å². The summed E-state index contributed by atoms with van der Waals surface area (Å²) in [5.41, 5.74) is -0.0285. The Morgan fingerprint density at radius 2 is 2.00 bits per heavy atom. The van der Waals surface area contributed by atoms with Crippen molar-refractivity contribution in [3.05, 3.63) is 29.8 Å². The van der Waals surface area contributed by atoms with Crippen LogP contribution in [0.4, 0.5) is 0 Å². The van der Waals surface area contributed by atoms with Gasteiger partial charge in [0.2, 0.25) is 5.91 Å². The van der Waals surface area contributed by atoms with Crippen LogP contribution >= 0.6 is 11.8 Å². The summed E-state index contributed by atoms with van der Waals surface area (Å²) in [6.45, 7) is 3.08. The van der Waals surface area contributed by atoms with Gasteiger partial charge in [0, 0.05) is 11.9 Å². The van der Waals surface area contributed by atoms with Crippen LogP contribution in [0.3, 0.4) is 0 Å². The van der Waals surface area contributed by atoms with Crippen molar-refractivity contribution in [2.75, 3.05) is 7.05 Å². The lowest BCUT2D eigenvalue weighted by Gasteiger charge is -2.33. The molecule has 19 heavy (non-hydrogen) atoms. The first-order valence-electron chi connectivity index (χ1n) is 6.09. The minimum absolute atomic E-state index is 0.131. The number of nitrogens with zero attached hydrogens (tertiary/aromatic N) is 1. The van der Waals surface area contributed by atoms with E-state index >= 15 is 0 Å². The lowest BCUT2D eigenvalue weighted by Crippen LogP contribution is -2.53. The normalized spacial score (nSPS) is 17.9. The number of hydrogen-bond donors (Lipinski definition) is 1. The number of carbonyl (C=O) groups excluding carboxylic acids is 1. The summed E-state index contributed by atoms with van der Waals surface area (Å²) in [7, 11) is 1.56. The van der Waals surface area contributed by atoms with Gasteiger partial charge in [0.1, 0.15) is 5.54 Å². The lowest BCUT2D eigenvalue weighted by molar-refractivity contribution is -0.155. The number of thioether (sulfide) groups is 1. The first-order valence-corrected chi connectivity index (χ1v) is 6.97. The molecule has 1 aromatic carbocycles. The van der Waals surface area contributed by atoms with Crippen LogP contribution in [0.5, 0.6) is 0 Å². The minimum atomic E-state index is -1.19. The zero-order valence-electron chi connectivity index (χ0n) is 11.2. The molecule has 1 unspecified atom stereocenters. The van der Waals surface area contributed by atoms with Crippen LogP contribution in [0, 0.1) is 0 Å².